The Morgan fingerprint density at radius 3 is 2.74 bits per heavy atom. The number of aromatic nitrogens is 5. The predicted molar refractivity (Wildman–Crippen MR) is 107 cm³/mol. The molecule has 0 radical (unpaired) electrons. The number of nitrogens with zero attached hydrogens (tertiary/aromatic N) is 6. The number of carbonyl (C=O) groups is 1. The van der Waals surface area contributed by atoms with E-state index in [0.717, 1.165) is 16.4 Å². The number of hydrogen-bond donors (Lipinski definition) is 0. The van der Waals surface area contributed by atoms with E-state index in [9.17, 15) is 18.0 Å². The fourth-order valence-electron chi connectivity index (χ4n) is 4.11. The number of aryl methyl sites for hydroxylation is 2. The topological polar surface area (TPSA) is 68.3 Å². The molecule has 10 heteroatoms. The Bertz CT molecular complexity index is 1100. The minimum atomic E-state index is -4.52. The van der Waals surface area contributed by atoms with Crippen LogP contribution in [0.2, 0.25) is 0 Å². The van der Waals surface area contributed by atoms with E-state index in [-0.39, 0.29) is 23.4 Å². The Morgan fingerprint density at radius 1 is 1.32 bits per heavy atom. The van der Waals surface area contributed by atoms with E-state index in [1.165, 1.54) is 0 Å². The summed E-state index contributed by atoms with van der Waals surface area (Å²) in [4.78, 5) is 23.2. The van der Waals surface area contributed by atoms with Crippen LogP contribution in [0.25, 0.3) is 5.65 Å². The van der Waals surface area contributed by atoms with Gasteiger partial charge in [0.15, 0.2) is 5.65 Å². The van der Waals surface area contributed by atoms with Crippen molar-refractivity contribution in [2.75, 3.05) is 13.1 Å². The largest absolute Gasteiger partial charge is 0.433 e. The van der Waals surface area contributed by atoms with Gasteiger partial charge in [0.05, 0.1) is 11.6 Å². The summed E-state index contributed by atoms with van der Waals surface area (Å²) in [6.45, 7) is 7.08. The third-order valence-corrected chi connectivity index (χ3v) is 5.89. The normalized spacial score (nSPS) is 18.1. The van der Waals surface area contributed by atoms with Crippen LogP contribution in [0.3, 0.4) is 0 Å². The number of alkyl halides is 3. The standard InChI is InChI=1S/C21H25F3N6O/c1-4-16-9-18(21(22,23)24)30-19(26-16)10-17(27-30)15-5-7-29(12-15)20(31)13(2)11-28-8-6-25-14(28)3/h6,8-10,13,15H,4-5,7,11-12H2,1-3H3/t13-,15+/m0/s1. The summed E-state index contributed by atoms with van der Waals surface area (Å²) in [5.74, 6) is 0.544. The molecule has 31 heavy (non-hydrogen) atoms. The molecule has 0 N–H and O–H groups in total. The lowest BCUT2D eigenvalue weighted by Gasteiger charge is -2.21. The second kappa shape index (κ2) is 7.97. The Balaban J connectivity index is 1.52. The molecule has 166 valence electrons. The zero-order valence-electron chi connectivity index (χ0n) is 17.7. The number of amides is 1. The number of rotatable bonds is 5. The molecule has 0 saturated carbocycles. The van der Waals surface area contributed by atoms with Crippen molar-refractivity contribution >= 4 is 11.6 Å². The van der Waals surface area contributed by atoms with Crippen LogP contribution < -0.4 is 0 Å². The van der Waals surface area contributed by atoms with Crippen LogP contribution in [0.5, 0.6) is 0 Å². The highest BCUT2D eigenvalue weighted by atomic mass is 19.4. The SMILES string of the molecule is CCc1cc(C(F)(F)F)n2nc([C@@H]3CCN(C(=O)[C@@H](C)Cn4ccnc4C)C3)cc2n1. The van der Waals surface area contributed by atoms with Gasteiger partial charge >= 0.3 is 6.18 Å². The monoisotopic (exact) mass is 434 g/mol. The van der Waals surface area contributed by atoms with E-state index >= 15 is 0 Å². The lowest BCUT2D eigenvalue weighted by atomic mass is 10.1. The second-order valence-corrected chi connectivity index (χ2v) is 8.12. The van der Waals surface area contributed by atoms with Crippen LogP contribution in [-0.2, 0) is 23.9 Å². The molecule has 0 unspecified atom stereocenters. The third-order valence-electron chi connectivity index (χ3n) is 5.89. The molecule has 0 spiro atoms. The molecule has 3 aromatic heterocycles. The van der Waals surface area contributed by atoms with Crippen molar-refractivity contribution in [1.29, 1.82) is 0 Å². The molecule has 1 saturated heterocycles. The predicted octanol–water partition coefficient (Wildman–Crippen LogP) is 3.47. The average Bonchev–Trinajstić information content (AvgIpc) is 3.45. The fraction of sp³-hybridized carbons (Fsp3) is 0.524. The van der Waals surface area contributed by atoms with Gasteiger partial charge in [-0.3, -0.25) is 4.79 Å². The summed E-state index contributed by atoms with van der Waals surface area (Å²) >= 11 is 0. The fourth-order valence-corrected chi connectivity index (χ4v) is 4.11. The van der Waals surface area contributed by atoms with Gasteiger partial charge in [-0.25, -0.2) is 14.5 Å². The van der Waals surface area contributed by atoms with Gasteiger partial charge in [-0.15, -0.1) is 0 Å². The van der Waals surface area contributed by atoms with Crippen LogP contribution in [0, 0.1) is 12.8 Å². The molecular weight excluding hydrogens is 409 g/mol. The number of fused-ring (bicyclic) bond motifs is 1. The third kappa shape index (κ3) is 4.15. The summed E-state index contributed by atoms with van der Waals surface area (Å²) in [5, 5.41) is 4.23. The molecule has 1 aliphatic rings. The van der Waals surface area contributed by atoms with Gasteiger partial charge in [0.25, 0.3) is 0 Å². The lowest BCUT2D eigenvalue weighted by Crippen LogP contribution is -2.35. The molecule has 7 nitrogen and oxygen atoms in total. The smallest absolute Gasteiger partial charge is 0.342 e. The van der Waals surface area contributed by atoms with Crippen LogP contribution in [-0.4, -0.2) is 48.0 Å². The lowest BCUT2D eigenvalue weighted by molar-refractivity contribution is -0.142. The van der Waals surface area contributed by atoms with Gasteiger partial charge in [-0.05, 0) is 25.8 Å². The highest BCUT2D eigenvalue weighted by Crippen LogP contribution is 2.32. The molecule has 1 aliphatic heterocycles. The van der Waals surface area contributed by atoms with Gasteiger partial charge in [0.2, 0.25) is 5.91 Å². The maximum absolute atomic E-state index is 13.5. The summed E-state index contributed by atoms with van der Waals surface area (Å²) < 4.78 is 43.4. The first-order chi connectivity index (χ1) is 14.7. The van der Waals surface area contributed by atoms with Crippen molar-refractivity contribution in [1.82, 2.24) is 29.0 Å². The van der Waals surface area contributed by atoms with Gasteiger partial charge < -0.3 is 9.47 Å². The van der Waals surface area contributed by atoms with E-state index < -0.39 is 11.9 Å². The summed E-state index contributed by atoms with van der Waals surface area (Å²) in [7, 11) is 0. The number of likely N-dealkylation sites (tertiary alicyclic amines) is 1. The molecule has 1 fully saturated rings. The number of carbonyl (C=O) groups excluding carboxylic acids is 1. The Hall–Kier alpha value is -2.91. The Morgan fingerprint density at radius 2 is 2.10 bits per heavy atom. The van der Waals surface area contributed by atoms with E-state index in [0.29, 0.717) is 43.9 Å². The van der Waals surface area contributed by atoms with E-state index in [1.54, 1.807) is 24.1 Å². The van der Waals surface area contributed by atoms with Crippen molar-refractivity contribution in [3.63, 3.8) is 0 Å². The number of imidazole rings is 1. The highest BCUT2D eigenvalue weighted by Gasteiger charge is 2.36. The first kappa shape index (κ1) is 21.3. The van der Waals surface area contributed by atoms with Crippen LogP contribution in [0.15, 0.2) is 24.5 Å². The van der Waals surface area contributed by atoms with Gasteiger partial charge in [-0.2, -0.15) is 18.3 Å². The van der Waals surface area contributed by atoms with Crippen molar-refractivity contribution in [3.05, 3.63) is 47.4 Å². The van der Waals surface area contributed by atoms with Crippen LogP contribution in [0.1, 0.15) is 49.1 Å². The second-order valence-electron chi connectivity index (χ2n) is 8.12. The van der Waals surface area contributed by atoms with Crippen molar-refractivity contribution in [2.45, 2.75) is 52.3 Å². The minimum Gasteiger partial charge on any atom is -0.342 e. The van der Waals surface area contributed by atoms with Gasteiger partial charge in [-0.1, -0.05) is 13.8 Å². The molecule has 4 heterocycles. The van der Waals surface area contributed by atoms with Crippen LogP contribution in [0.4, 0.5) is 13.2 Å². The molecule has 1 amide bonds. The van der Waals surface area contributed by atoms with E-state index in [1.807, 2.05) is 24.6 Å². The highest BCUT2D eigenvalue weighted by molar-refractivity contribution is 5.78. The molecule has 2 atom stereocenters. The molecular formula is C21H25F3N6O. The van der Waals surface area contributed by atoms with Crippen LogP contribution >= 0.6 is 0 Å². The summed E-state index contributed by atoms with van der Waals surface area (Å²) in [5.41, 5.74) is 0.282. The minimum absolute atomic E-state index is 0.0294. The number of hydrogen-bond acceptors (Lipinski definition) is 4. The maximum Gasteiger partial charge on any atom is 0.433 e. The first-order valence-corrected chi connectivity index (χ1v) is 10.4. The molecule has 4 rings (SSSR count). The van der Waals surface area contributed by atoms with E-state index in [2.05, 4.69) is 15.1 Å². The zero-order chi connectivity index (χ0) is 22.3. The quantitative estimate of drug-likeness (QED) is 0.617. The summed E-state index contributed by atoms with van der Waals surface area (Å²) in [6.07, 6.45) is 0.0921. The molecule has 0 bridgehead atoms. The molecule has 0 aliphatic carbocycles. The van der Waals surface area contributed by atoms with Crippen molar-refractivity contribution in [2.24, 2.45) is 5.92 Å². The molecule has 0 aromatic carbocycles. The average molecular weight is 434 g/mol. The maximum atomic E-state index is 13.5. The van der Waals surface area contributed by atoms with Gasteiger partial charge in [0, 0.05) is 49.7 Å². The van der Waals surface area contributed by atoms with Gasteiger partial charge in [0.1, 0.15) is 11.5 Å². The molecule has 3 aromatic rings. The van der Waals surface area contributed by atoms with Crippen molar-refractivity contribution in [3.8, 4) is 0 Å². The van der Waals surface area contributed by atoms with E-state index in [4.69, 9.17) is 0 Å². The van der Waals surface area contributed by atoms with Crippen molar-refractivity contribution < 1.29 is 18.0 Å². The Labute approximate surface area is 177 Å². The number of halogens is 3. The zero-order valence-corrected chi connectivity index (χ0v) is 17.7. The first-order valence-electron chi connectivity index (χ1n) is 10.4. The Kier molecular flexibility index (Phi) is 5.49. The summed E-state index contributed by atoms with van der Waals surface area (Å²) in [6, 6.07) is 2.67.